The van der Waals surface area contributed by atoms with E-state index in [4.69, 9.17) is 10.00 Å². The number of nitrogens with zero attached hydrogens (tertiary/aromatic N) is 2. The number of anilines is 1. The Morgan fingerprint density at radius 1 is 1.17 bits per heavy atom. The average molecular weight is 415 g/mol. The standard InChI is InChI=1S/C20H21N3O5S/c21-10-9-15-3-5-16(6-4-15)28-14-20(25)22-18-13-17(7-8-19(18)24)29(26,27)23-11-1-2-12-23/h3-8,13,24H,1-2,9,11-12,14H2,(H,22,25). The second kappa shape index (κ2) is 8.94. The molecule has 1 heterocycles. The molecule has 1 aliphatic rings. The third-order valence-corrected chi connectivity index (χ3v) is 6.42. The third kappa shape index (κ3) is 5.04. The first-order valence-electron chi connectivity index (χ1n) is 9.12. The fourth-order valence-electron chi connectivity index (χ4n) is 2.98. The topological polar surface area (TPSA) is 120 Å². The van der Waals surface area contributed by atoms with E-state index in [1.54, 1.807) is 24.3 Å². The van der Waals surface area contributed by atoms with Crippen molar-refractivity contribution in [3.63, 3.8) is 0 Å². The van der Waals surface area contributed by atoms with Gasteiger partial charge in [0.15, 0.2) is 6.61 Å². The molecule has 3 rings (SSSR count). The Labute approximate surface area is 169 Å². The summed E-state index contributed by atoms with van der Waals surface area (Å²) < 4.78 is 32.1. The Balaban J connectivity index is 1.64. The van der Waals surface area contributed by atoms with Crippen molar-refractivity contribution in [3.8, 4) is 17.6 Å². The van der Waals surface area contributed by atoms with Crippen LogP contribution >= 0.6 is 0 Å². The molecular formula is C20H21N3O5S. The van der Waals surface area contributed by atoms with Crippen LogP contribution in [-0.2, 0) is 21.2 Å². The number of amides is 1. The van der Waals surface area contributed by atoms with Gasteiger partial charge in [0.1, 0.15) is 11.5 Å². The van der Waals surface area contributed by atoms with Crippen LogP contribution in [0.3, 0.4) is 0 Å². The number of nitrogens with one attached hydrogen (secondary N) is 1. The summed E-state index contributed by atoms with van der Waals surface area (Å²) in [5.41, 5.74) is 0.841. The minimum Gasteiger partial charge on any atom is -0.506 e. The van der Waals surface area contributed by atoms with Crippen LogP contribution in [0.4, 0.5) is 5.69 Å². The van der Waals surface area contributed by atoms with E-state index >= 15 is 0 Å². The summed E-state index contributed by atoms with van der Waals surface area (Å²) in [6.07, 6.45) is 1.92. The SMILES string of the molecule is N#CCc1ccc(OCC(=O)Nc2cc(S(=O)(=O)N3CCCC3)ccc2O)cc1. The molecular weight excluding hydrogens is 394 g/mol. The second-order valence-electron chi connectivity index (χ2n) is 6.61. The number of nitriles is 1. The van der Waals surface area contributed by atoms with Crippen LogP contribution < -0.4 is 10.1 Å². The third-order valence-electron chi connectivity index (χ3n) is 4.52. The van der Waals surface area contributed by atoms with Crippen molar-refractivity contribution < 1.29 is 23.1 Å². The molecule has 0 aromatic heterocycles. The van der Waals surface area contributed by atoms with Gasteiger partial charge in [0.25, 0.3) is 5.91 Å². The molecule has 1 aliphatic heterocycles. The number of carbonyl (C=O) groups excluding carboxylic acids is 1. The highest BCUT2D eigenvalue weighted by atomic mass is 32.2. The molecule has 2 N–H and O–H groups in total. The van der Waals surface area contributed by atoms with E-state index in [1.807, 2.05) is 6.07 Å². The molecule has 0 bridgehead atoms. The Kier molecular flexibility index (Phi) is 6.36. The van der Waals surface area contributed by atoms with Crippen LogP contribution in [0.2, 0.25) is 0 Å². The number of carbonyl (C=O) groups is 1. The number of hydrogen-bond acceptors (Lipinski definition) is 6. The van der Waals surface area contributed by atoms with Crippen LogP contribution in [0.5, 0.6) is 11.5 Å². The van der Waals surface area contributed by atoms with Crippen molar-refractivity contribution in [2.45, 2.75) is 24.2 Å². The summed E-state index contributed by atoms with van der Waals surface area (Å²) in [5, 5.41) is 21.1. The first-order chi connectivity index (χ1) is 13.9. The number of aromatic hydroxyl groups is 1. The fraction of sp³-hybridized carbons (Fsp3) is 0.300. The molecule has 8 nitrogen and oxygen atoms in total. The smallest absolute Gasteiger partial charge is 0.262 e. The summed E-state index contributed by atoms with van der Waals surface area (Å²) in [7, 11) is -3.66. The maximum atomic E-state index is 12.7. The first-order valence-corrected chi connectivity index (χ1v) is 10.6. The molecule has 152 valence electrons. The van der Waals surface area contributed by atoms with Gasteiger partial charge in [-0.3, -0.25) is 4.79 Å². The zero-order valence-corrected chi connectivity index (χ0v) is 16.5. The number of sulfonamides is 1. The quantitative estimate of drug-likeness (QED) is 0.670. The maximum Gasteiger partial charge on any atom is 0.262 e. The number of phenols is 1. The predicted molar refractivity (Wildman–Crippen MR) is 106 cm³/mol. The number of rotatable bonds is 7. The van der Waals surface area contributed by atoms with Crippen molar-refractivity contribution in [1.82, 2.24) is 4.31 Å². The molecule has 2 aromatic rings. The van der Waals surface area contributed by atoms with Crippen LogP contribution in [0.15, 0.2) is 47.4 Å². The number of phenolic OH excluding ortho intramolecular Hbond substituents is 1. The van der Waals surface area contributed by atoms with Gasteiger partial charge >= 0.3 is 0 Å². The highest BCUT2D eigenvalue weighted by molar-refractivity contribution is 7.89. The molecule has 0 saturated carbocycles. The minimum atomic E-state index is -3.66. The molecule has 0 unspecified atom stereocenters. The van der Waals surface area contributed by atoms with Crippen molar-refractivity contribution in [3.05, 3.63) is 48.0 Å². The van der Waals surface area contributed by atoms with Gasteiger partial charge in [-0.05, 0) is 48.7 Å². The van der Waals surface area contributed by atoms with Gasteiger partial charge in [0.05, 0.1) is 23.1 Å². The summed E-state index contributed by atoms with van der Waals surface area (Å²) in [4.78, 5) is 12.2. The van der Waals surface area contributed by atoms with Gasteiger partial charge in [-0.15, -0.1) is 0 Å². The fourth-order valence-corrected chi connectivity index (χ4v) is 4.53. The van der Waals surface area contributed by atoms with E-state index < -0.39 is 15.9 Å². The Morgan fingerprint density at radius 2 is 1.86 bits per heavy atom. The van der Waals surface area contributed by atoms with Gasteiger partial charge in [-0.2, -0.15) is 9.57 Å². The lowest BCUT2D eigenvalue weighted by Crippen LogP contribution is -2.28. The zero-order valence-electron chi connectivity index (χ0n) is 15.7. The second-order valence-corrected chi connectivity index (χ2v) is 8.54. The largest absolute Gasteiger partial charge is 0.506 e. The van der Waals surface area contributed by atoms with Crippen molar-refractivity contribution in [2.24, 2.45) is 0 Å². The van der Waals surface area contributed by atoms with E-state index in [9.17, 15) is 18.3 Å². The molecule has 2 aromatic carbocycles. The average Bonchev–Trinajstić information content (AvgIpc) is 3.25. The molecule has 1 amide bonds. The molecule has 0 aliphatic carbocycles. The zero-order chi connectivity index (χ0) is 20.9. The number of ether oxygens (including phenoxy) is 1. The predicted octanol–water partition coefficient (Wildman–Crippen LogP) is 2.26. The Morgan fingerprint density at radius 3 is 2.52 bits per heavy atom. The lowest BCUT2D eigenvalue weighted by Gasteiger charge is -2.16. The van der Waals surface area contributed by atoms with Gasteiger partial charge in [-0.1, -0.05) is 12.1 Å². The lowest BCUT2D eigenvalue weighted by atomic mass is 10.2. The van der Waals surface area contributed by atoms with Crippen molar-refractivity contribution in [2.75, 3.05) is 25.0 Å². The van der Waals surface area contributed by atoms with E-state index in [0.29, 0.717) is 18.8 Å². The first kappa shape index (κ1) is 20.6. The molecule has 29 heavy (non-hydrogen) atoms. The molecule has 0 atom stereocenters. The summed E-state index contributed by atoms with van der Waals surface area (Å²) in [6, 6.07) is 12.6. The molecule has 1 fully saturated rings. The summed E-state index contributed by atoms with van der Waals surface area (Å²) in [5.74, 6) is -0.326. The normalized spacial score (nSPS) is 14.3. The van der Waals surface area contributed by atoms with Gasteiger partial charge in [-0.25, -0.2) is 8.42 Å². The summed E-state index contributed by atoms with van der Waals surface area (Å²) in [6.45, 7) is 0.609. The molecule has 9 heteroatoms. The minimum absolute atomic E-state index is 0.00300. The monoisotopic (exact) mass is 415 g/mol. The van der Waals surface area contributed by atoms with Gasteiger partial charge in [0.2, 0.25) is 10.0 Å². The van der Waals surface area contributed by atoms with E-state index in [1.165, 1.54) is 22.5 Å². The van der Waals surface area contributed by atoms with Crippen LogP contribution in [0.25, 0.3) is 0 Å². The lowest BCUT2D eigenvalue weighted by molar-refractivity contribution is -0.118. The molecule has 0 spiro atoms. The highest BCUT2D eigenvalue weighted by Crippen LogP contribution is 2.29. The highest BCUT2D eigenvalue weighted by Gasteiger charge is 2.27. The number of hydrogen-bond donors (Lipinski definition) is 2. The van der Waals surface area contributed by atoms with E-state index in [-0.39, 0.29) is 29.4 Å². The number of benzene rings is 2. The van der Waals surface area contributed by atoms with Gasteiger partial charge in [0, 0.05) is 13.1 Å². The Hall–Kier alpha value is -3.09. The maximum absolute atomic E-state index is 12.7. The van der Waals surface area contributed by atoms with Crippen LogP contribution in [0, 0.1) is 11.3 Å². The summed E-state index contributed by atoms with van der Waals surface area (Å²) >= 11 is 0. The van der Waals surface area contributed by atoms with E-state index in [0.717, 1.165) is 18.4 Å². The van der Waals surface area contributed by atoms with Crippen molar-refractivity contribution in [1.29, 1.82) is 5.26 Å². The van der Waals surface area contributed by atoms with Crippen LogP contribution in [-0.4, -0.2) is 43.4 Å². The van der Waals surface area contributed by atoms with E-state index in [2.05, 4.69) is 5.32 Å². The Bertz CT molecular complexity index is 1020. The van der Waals surface area contributed by atoms with Crippen LogP contribution in [0.1, 0.15) is 18.4 Å². The van der Waals surface area contributed by atoms with Crippen molar-refractivity contribution >= 4 is 21.6 Å². The molecule has 0 radical (unpaired) electrons. The molecule has 1 saturated heterocycles. The van der Waals surface area contributed by atoms with Gasteiger partial charge < -0.3 is 15.2 Å².